The van der Waals surface area contributed by atoms with Crippen molar-refractivity contribution in [1.29, 1.82) is 0 Å². The van der Waals surface area contributed by atoms with Crippen LogP contribution in [0.2, 0.25) is 0 Å². The molecule has 0 spiro atoms. The second-order valence-electron chi connectivity index (χ2n) is 8.40. The SMILES string of the molecule is COc1cc2c(cc1Nc1ncc3ccnc(NC(CO)C(C)C)c3n1)CN(C)CC2. The Morgan fingerprint density at radius 3 is 2.81 bits per heavy atom. The average molecular weight is 423 g/mol. The van der Waals surface area contributed by atoms with Gasteiger partial charge in [-0.1, -0.05) is 13.8 Å². The summed E-state index contributed by atoms with van der Waals surface area (Å²) in [6, 6.07) is 6.00. The molecule has 1 aromatic carbocycles. The largest absolute Gasteiger partial charge is 0.495 e. The average Bonchev–Trinajstić information content (AvgIpc) is 2.76. The van der Waals surface area contributed by atoms with Crippen LogP contribution in [0.25, 0.3) is 10.9 Å². The van der Waals surface area contributed by atoms with Crippen LogP contribution in [0.15, 0.2) is 30.6 Å². The molecule has 3 heterocycles. The molecule has 2 aromatic heterocycles. The van der Waals surface area contributed by atoms with E-state index in [4.69, 9.17) is 9.72 Å². The number of fused-ring (bicyclic) bond motifs is 2. The molecule has 1 aliphatic rings. The first kappa shape index (κ1) is 21.3. The van der Waals surface area contributed by atoms with Gasteiger partial charge in [0.2, 0.25) is 5.95 Å². The minimum absolute atomic E-state index is 0.0205. The van der Waals surface area contributed by atoms with Gasteiger partial charge < -0.3 is 25.4 Å². The first-order valence-electron chi connectivity index (χ1n) is 10.6. The summed E-state index contributed by atoms with van der Waals surface area (Å²) < 4.78 is 5.63. The van der Waals surface area contributed by atoms with Gasteiger partial charge >= 0.3 is 0 Å². The number of hydrogen-bond donors (Lipinski definition) is 3. The maximum atomic E-state index is 9.70. The molecule has 1 aliphatic heterocycles. The van der Waals surface area contributed by atoms with E-state index in [1.165, 1.54) is 11.1 Å². The van der Waals surface area contributed by atoms with E-state index in [0.717, 1.165) is 36.3 Å². The van der Waals surface area contributed by atoms with E-state index in [1.54, 1.807) is 19.5 Å². The van der Waals surface area contributed by atoms with Crippen molar-refractivity contribution in [2.24, 2.45) is 5.92 Å². The van der Waals surface area contributed by atoms with Crippen LogP contribution in [-0.2, 0) is 13.0 Å². The Morgan fingerprint density at radius 2 is 2.06 bits per heavy atom. The fourth-order valence-corrected chi connectivity index (χ4v) is 3.84. The Bertz CT molecular complexity index is 1070. The number of rotatable bonds is 7. The highest BCUT2D eigenvalue weighted by molar-refractivity contribution is 5.88. The number of ether oxygens (including phenoxy) is 1. The molecule has 0 aliphatic carbocycles. The first-order chi connectivity index (χ1) is 15.0. The molecule has 0 bridgehead atoms. The molecule has 1 atom stereocenters. The Labute approximate surface area is 182 Å². The van der Waals surface area contributed by atoms with E-state index >= 15 is 0 Å². The summed E-state index contributed by atoms with van der Waals surface area (Å²) in [6.07, 6.45) is 4.51. The van der Waals surface area contributed by atoms with E-state index in [1.807, 2.05) is 6.07 Å². The fraction of sp³-hybridized carbons (Fsp3) is 0.435. The number of methoxy groups -OCH3 is 1. The van der Waals surface area contributed by atoms with Gasteiger partial charge in [0.1, 0.15) is 11.3 Å². The minimum Gasteiger partial charge on any atom is -0.495 e. The summed E-state index contributed by atoms with van der Waals surface area (Å²) >= 11 is 0. The smallest absolute Gasteiger partial charge is 0.227 e. The molecule has 0 saturated carbocycles. The van der Waals surface area contributed by atoms with Gasteiger partial charge in [-0.25, -0.2) is 15.0 Å². The summed E-state index contributed by atoms with van der Waals surface area (Å²) in [4.78, 5) is 16.0. The van der Waals surface area contributed by atoms with Crippen LogP contribution in [0.5, 0.6) is 5.75 Å². The second kappa shape index (κ2) is 9.03. The maximum absolute atomic E-state index is 9.70. The van der Waals surface area contributed by atoms with Crippen LogP contribution in [0.3, 0.4) is 0 Å². The number of pyridine rings is 1. The molecule has 0 radical (unpaired) electrons. The lowest BCUT2D eigenvalue weighted by Gasteiger charge is -2.26. The van der Waals surface area contributed by atoms with Crippen molar-refractivity contribution in [2.45, 2.75) is 32.9 Å². The lowest BCUT2D eigenvalue weighted by Crippen LogP contribution is -2.30. The van der Waals surface area contributed by atoms with E-state index in [2.05, 4.69) is 58.5 Å². The predicted molar refractivity (Wildman–Crippen MR) is 123 cm³/mol. The molecule has 164 valence electrons. The van der Waals surface area contributed by atoms with Crippen LogP contribution in [0.4, 0.5) is 17.5 Å². The maximum Gasteiger partial charge on any atom is 0.227 e. The van der Waals surface area contributed by atoms with Crippen molar-refractivity contribution in [3.63, 3.8) is 0 Å². The van der Waals surface area contributed by atoms with Crippen LogP contribution >= 0.6 is 0 Å². The lowest BCUT2D eigenvalue weighted by molar-refractivity contribution is 0.249. The van der Waals surface area contributed by atoms with Crippen molar-refractivity contribution >= 4 is 28.4 Å². The van der Waals surface area contributed by atoms with E-state index in [-0.39, 0.29) is 18.6 Å². The Hall–Kier alpha value is -2.97. The standard InChI is InChI=1S/C23H30N6O2/c1-14(2)19(13-30)26-22-21-16(5-7-24-22)11-25-23(28-21)27-18-9-17-12-29(3)8-6-15(17)10-20(18)31-4/h5,7,9-11,14,19,30H,6,8,12-13H2,1-4H3,(H,24,26)(H,25,27,28). The number of aliphatic hydroxyl groups is 1. The summed E-state index contributed by atoms with van der Waals surface area (Å²) in [5.41, 5.74) is 4.14. The summed E-state index contributed by atoms with van der Waals surface area (Å²) in [6.45, 7) is 6.08. The van der Waals surface area contributed by atoms with Gasteiger partial charge in [-0.15, -0.1) is 0 Å². The van der Waals surface area contributed by atoms with Gasteiger partial charge in [0.15, 0.2) is 5.82 Å². The number of likely N-dealkylation sites (N-methyl/N-ethyl adjacent to an activating group) is 1. The molecular weight excluding hydrogens is 392 g/mol. The first-order valence-corrected chi connectivity index (χ1v) is 10.6. The lowest BCUT2D eigenvalue weighted by atomic mass is 9.99. The molecule has 3 N–H and O–H groups in total. The highest BCUT2D eigenvalue weighted by Gasteiger charge is 2.18. The van der Waals surface area contributed by atoms with Gasteiger partial charge in [-0.05, 0) is 48.7 Å². The summed E-state index contributed by atoms with van der Waals surface area (Å²) in [5.74, 6) is 2.13. The van der Waals surface area contributed by atoms with Crippen LogP contribution in [0, 0.1) is 5.92 Å². The van der Waals surface area contributed by atoms with E-state index < -0.39 is 0 Å². The molecule has 0 fully saturated rings. The summed E-state index contributed by atoms with van der Waals surface area (Å²) in [5, 5.41) is 17.2. The normalized spacial score (nSPS) is 15.0. The molecule has 4 rings (SSSR count). The van der Waals surface area contributed by atoms with Crippen molar-refractivity contribution < 1.29 is 9.84 Å². The Kier molecular flexibility index (Phi) is 6.20. The number of benzene rings is 1. The van der Waals surface area contributed by atoms with Gasteiger partial charge in [-0.2, -0.15) is 0 Å². The fourth-order valence-electron chi connectivity index (χ4n) is 3.84. The number of nitrogens with zero attached hydrogens (tertiary/aromatic N) is 4. The zero-order valence-corrected chi connectivity index (χ0v) is 18.5. The van der Waals surface area contributed by atoms with E-state index in [0.29, 0.717) is 17.3 Å². The number of hydrogen-bond acceptors (Lipinski definition) is 8. The topological polar surface area (TPSA) is 95.4 Å². The van der Waals surface area contributed by atoms with Crippen molar-refractivity contribution in [2.75, 3.05) is 37.9 Å². The van der Waals surface area contributed by atoms with Gasteiger partial charge in [0.25, 0.3) is 0 Å². The van der Waals surface area contributed by atoms with Crippen molar-refractivity contribution in [3.8, 4) is 5.75 Å². The van der Waals surface area contributed by atoms with Crippen molar-refractivity contribution in [1.82, 2.24) is 19.9 Å². The molecule has 1 unspecified atom stereocenters. The molecule has 0 saturated heterocycles. The highest BCUT2D eigenvalue weighted by Crippen LogP contribution is 2.33. The third-order valence-electron chi connectivity index (χ3n) is 5.79. The summed E-state index contributed by atoms with van der Waals surface area (Å²) in [7, 11) is 3.81. The van der Waals surface area contributed by atoms with Crippen LogP contribution in [-0.4, -0.2) is 58.3 Å². The molecule has 31 heavy (non-hydrogen) atoms. The van der Waals surface area contributed by atoms with Gasteiger partial charge in [-0.3, -0.25) is 0 Å². The molecule has 8 nitrogen and oxygen atoms in total. The molecular formula is C23H30N6O2. The quantitative estimate of drug-likeness (QED) is 0.534. The number of aromatic nitrogens is 3. The van der Waals surface area contributed by atoms with Crippen molar-refractivity contribution in [3.05, 3.63) is 41.7 Å². The zero-order chi connectivity index (χ0) is 22.0. The zero-order valence-electron chi connectivity index (χ0n) is 18.5. The highest BCUT2D eigenvalue weighted by atomic mass is 16.5. The molecule has 8 heteroatoms. The monoisotopic (exact) mass is 422 g/mol. The Balaban J connectivity index is 1.68. The minimum atomic E-state index is -0.109. The third-order valence-corrected chi connectivity index (χ3v) is 5.79. The Morgan fingerprint density at radius 1 is 1.23 bits per heavy atom. The number of anilines is 3. The van der Waals surface area contributed by atoms with Crippen LogP contribution in [0.1, 0.15) is 25.0 Å². The number of aliphatic hydroxyl groups excluding tert-OH is 1. The van der Waals surface area contributed by atoms with Crippen LogP contribution < -0.4 is 15.4 Å². The molecule has 3 aromatic rings. The predicted octanol–water partition coefficient (Wildman–Crippen LogP) is 3.19. The third kappa shape index (κ3) is 4.55. The van der Waals surface area contributed by atoms with E-state index in [9.17, 15) is 5.11 Å². The van der Waals surface area contributed by atoms with Gasteiger partial charge in [0, 0.05) is 30.9 Å². The van der Waals surface area contributed by atoms with Gasteiger partial charge in [0.05, 0.1) is 25.4 Å². The molecule has 0 amide bonds. The second-order valence-corrected chi connectivity index (χ2v) is 8.40. The number of nitrogens with one attached hydrogen (secondary N) is 2.